The second-order valence-corrected chi connectivity index (χ2v) is 6.87. The topological polar surface area (TPSA) is 47.6 Å². The molecule has 0 aromatic rings. The van der Waals surface area contributed by atoms with Crippen LogP contribution in [0.3, 0.4) is 0 Å². The van der Waals surface area contributed by atoms with E-state index in [2.05, 4.69) is 32.2 Å². The van der Waals surface area contributed by atoms with Crippen LogP contribution in [0.2, 0.25) is 0 Å². The number of amides is 1. The molecular weight excluding hydrogens is 254 g/mol. The monoisotopic (exact) mass is 281 g/mol. The quantitative estimate of drug-likeness (QED) is 0.851. The van der Waals surface area contributed by atoms with E-state index in [0.29, 0.717) is 6.61 Å². The molecule has 114 valence electrons. The minimum absolute atomic E-state index is 0.0344. The second kappa shape index (κ2) is 5.76. The highest BCUT2D eigenvalue weighted by Crippen LogP contribution is 2.43. The summed E-state index contributed by atoms with van der Waals surface area (Å²) in [5, 5.41) is 2.86. The zero-order chi connectivity index (χ0) is 14.8. The van der Waals surface area contributed by atoms with E-state index in [1.807, 2.05) is 6.92 Å². The van der Waals surface area contributed by atoms with Crippen LogP contribution < -0.4 is 5.32 Å². The molecule has 1 heterocycles. The van der Waals surface area contributed by atoms with Gasteiger partial charge in [0.15, 0.2) is 0 Å². The maximum Gasteiger partial charge on any atom is 0.414 e. The van der Waals surface area contributed by atoms with Crippen molar-refractivity contribution in [3.05, 3.63) is 11.8 Å². The van der Waals surface area contributed by atoms with Gasteiger partial charge in [-0.3, -0.25) is 5.32 Å². The minimum Gasteiger partial charge on any atom is -0.410 e. The fourth-order valence-corrected chi connectivity index (χ4v) is 3.21. The zero-order valence-electron chi connectivity index (χ0n) is 13.1. The summed E-state index contributed by atoms with van der Waals surface area (Å²) in [5.41, 5.74) is 0.761. The number of hydrogen-bond acceptors (Lipinski definition) is 3. The van der Waals surface area contributed by atoms with Gasteiger partial charge in [0.1, 0.15) is 0 Å². The van der Waals surface area contributed by atoms with Crippen LogP contribution in [0, 0.1) is 11.3 Å². The summed E-state index contributed by atoms with van der Waals surface area (Å²) in [5.74, 6) is -0.636. The van der Waals surface area contributed by atoms with Gasteiger partial charge in [-0.05, 0) is 25.2 Å². The van der Waals surface area contributed by atoms with Gasteiger partial charge in [-0.2, -0.15) is 0 Å². The normalized spacial score (nSPS) is 30.4. The minimum atomic E-state index is -0.889. The number of ether oxygens (including phenoxy) is 2. The van der Waals surface area contributed by atoms with Crippen LogP contribution in [0.15, 0.2) is 11.8 Å². The molecule has 1 N–H and O–H groups in total. The summed E-state index contributed by atoms with van der Waals surface area (Å²) < 4.78 is 11.6. The first-order chi connectivity index (χ1) is 9.37. The molecule has 0 radical (unpaired) electrons. The highest BCUT2D eigenvalue weighted by molar-refractivity contribution is 5.74. The van der Waals surface area contributed by atoms with E-state index in [1.165, 1.54) is 19.3 Å². The van der Waals surface area contributed by atoms with Crippen molar-refractivity contribution in [2.24, 2.45) is 11.3 Å². The van der Waals surface area contributed by atoms with Crippen molar-refractivity contribution in [3.63, 3.8) is 0 Å². The Kier molecular flexibility index (Phi) is 4.43. The van der Waals surface area contributed by atoms with Gasteiger partial charge in [0.05, 0.1) is 5.70 Å². The second-order valence-electron chi connectivity index (χ2n) is 6.87. The molecule has 20 heavy (non-hydrogen) atoms. The molecule has 0 unspecified atom stereocenters. The lowest BCUT2D eigenvalue weighted by Gasteiger charge is -2.38. The molecule has 1 aliphatic carbocycles. The molecule has 0 aromatic carbocycles. The lowest BCUT2D eigenvalue weighted by Crippen LogP contribution is -2.44. The molecule has 2 aliphatic rings. The average molecular weight is 281 g/mol. The number of hydrogen-bond donors (Lipinski definition) is 1. The Balaban J connectivity index is 2.36. The number of alkyl carbamates (subject to hydrolysis) is 1. The first kappa shape index (κ1) is 15.4. The third-order valence-corrected chi connectivity index (χ3v) is 3.94. The molecule has 4 nitrogen and oxygen atoms in total. The lowest BCUT2D eigenvalue weighted by molar-refractivity contribution is -0.197. The van der Waals surface area contributed by atoms with E-state index >= 15 is 0 Å². The van der Waals surface area contributed by atoms with Gasteiger partial charge >= 0.3 is 6.09 Å². The summed E-state index contributed by atoms with van der Waals surface area (Å²) in [6.45, 7) is 8.82. The average Bonchev–Trinajstić information content (AvgIpc) is 2.66. The van der Waals surface area contributed by atoms with Crippen molar-refractivity contribution in [1.29, 1.82) is 0 Å². The van der Waals surface area contributed by atoms with Crippen LogP contribution in [-0.2, 0) is 9.47 Å². The number of cyclic esters (lactones) is 1. The third-order valence-electron chi connectivity index (χ3n) is 3.94. The van der Waals surface area contributed by atoms with E-state index in [0.717, 1.165) is 18.5 Å². The van der Waals surface area contributed by atoms with Gasteiger partial charge in [-0.25, -0.2) is 4.79 Å². The van der Waals surface area contributed by atoms with Crippen molar-refractivity contribution in [3.8, 4) is 0 Å². The first-order valence-corrected chi connectivity index (χ1v) is 7.74. The summed E-state index contributed by atoms with van der Waals surface area (Å²) in [6.07, 6.45) is 7.41. The summed E-state index contributed by atoms with van der Waals surface area (Å²) >= 11 is 0. The molecule has 0 spiro atoms. The molecule has 1 amide bonds. The maximum atomic E-state index is 11.8. The van der Waals surface area contributed by atoms with E-state index in [9.17, 15) is 4.79 Å². The van der Waals surface area contributed by atoms with E-state index in [-0.39, 0.29) is 17.4 Å². The van der Waals surface area contributed by atoms with Crippen molar-refractivity contribution < 1.29 is 14.3 Å². The van der Waals surface area contributed by atoms with Crippen LogP contribution in [0.5, 0.6) is 0 Å². The van der Waals surface area contributed by atoms with Crippen LogP contribution in [0.4, 0.5) is 4.79 Å². The Hall–Kier alpha value is -1.03. The van der Waals surface area contributed by atoms with Crippen LogP contribution >= 0.6 is 0 Å². The van der Waals surface area contributed by atoms with E-state index in [1.54, 1.807) is 0 Å². The Morgan fingerprint density at radius 3 is 2.55 bits per heavy atom. The largest absolute Gasteiger partial charge is 0.414 e. The fourth-order valence-electron chi connectivity index (χ4n) is 3.21. The summed E-state index contributed by atoms with van der Waals surface area (Å²) in [7, 11) is 0. The molecule has 1 aliphatic heterocycles. The van der Waals surface area contributed by atoms with Crippen molar-refractivity contribution in [1.82, 2.24) is 5.32 Å². The van der Waals surface area contributed by atoms with Gasteiger partial charge in [0.2, 0.25) is 0 Å². The van der Waals surface area contributed by atoms with Crippen LogP contribution in [0.1, 0.15) is 59.8 Å². The molecule has 0 aromatic heterocycles. The molecular formula is C16H27NO3. The predicted molar refractivity (Wildman–Crippen MR) is 78.1 cm³/mol. The van der Waals surface area contributed by atoms with Gasteiger partial charge in [0, 0.05) is 12.5 Å². The maximum absolute atomic E-state index is 11.8. The molecule has 2 fully saturated rings. The standard InChI is InChI=1S/C16H27NO3/c1-5-19-16(12-9-7-6-8-10-12)13(11-15(2,3)4)17-14(18)20-16/h11-12H,5-10H2,1-4H3,(H,17,18)/b13-11-/t16-/m0/s1. The summed E-state index contributed by atoms with van der Waals surface area (Å²) in [6, 6.07) is 0. The van der Waals surface area contributed by atoms with Crippen molar-refractivity contribution in [2.75, 3.05) is 6.61 Å². The number of allylic oxidation sites excluding steroid dienone is 1. The molecule has 4 heteroatoms. The highest BCUT2D eigenvalue weighted by atomic mass is 16.7. The van der Waals surface area contributed by atoms with Gasteiger partial charge in [0.25, 0.3) is 5.79 Å². The smallest absolute Gasteiger partial charge is 0.410 e. The Morgan fingerprint density at radius 2 is 2.00 bits per heavy atom. The number of rotatable bonds is 3. The lowest BCUT2D eigenvalue weighted by atomic mass is 9.80. The van der Waals surface area contributed by atoms with Gasteiger partial charge in [-0.15, -0.1) is 0 Å². The highest BCUT2D eigenvalue weighted by Gasteiger charge is 2.52. The number of carbonyl (C=O) groups excluding carboxylic acids is 1. The van der Waals surface area contributed by atoms with Gasteiger partial charge in [-0.1, -0.05) is 46.1 Å². The Bertz CT molecular complexity index is 391. The fraction of sp³-hybridized carbons (Fsp3) is 0.812. The molecule has 0 bridgehead atoms. The molecule has 2 rings (SSSR count). The van der Waals surface area contributed by atoms with Crippen molar-refractivity contribution in [2.45, 2.75) is 65.6 Å². The SMILES string of the molecule is CCO[C@@]1(C2CCCCC2)OC(=O)N/C1=C\C(C)(C)C. The molecule has 1 saturated carbocycles. The Morgan fingerprint density at radius 1 is 1.35 bits per heavy atom. The zero-order valence-corrected chi connectivity index (χ0v) is 13.1. The van der Waals surface area contributed by atoms with Gasteiger partial charge < -0.3 is 9.47 Å². The first-order valence-electron chi connectivity index (χ1n) is 7.74. The molecule has 1 atom stereocenters. The van der Waals surface area contributed by atoms with Crippen molar-refractivity contribution >= 4 is 6.09 Å². The van der Waals surface area contributed by atoms with Crippen LogP contribution in [-0.4, -0.2) is 18.5 Å². The van der Waals surface area contributed by atoms with Crippen LogP contribution in [0.25, 0.3) is 0 Å². The third kappa shape index (κ3) is 3.17. The van der Waals surface area contributed by atoms with E-state index < -0.39 is 5.79 Å². The number of carbonyl (C=O) groups is 1. The Labute approximate surface area is 121 Å². The summed E-state index contributed by atoms with van der Waals surface area (Å²) in [4.78, 5) is 11.8. The van der Waals surface area contributed by atoms with E-state index in [4.69, 9.17) is 9.47 Å². The number of nitrogens with one attached hydrogen (secondary N) is 1. The predicted octanol–water partition coefficient (Wildman–Crippen LogP) is 3.97. The molecule has 1 saturated heterocycles.